The molecule has 0 saturated heterocycles. The number of carbonyl (C=O) groups is 5. The number of carboxylic acid groups (broad SMARTS) is 1. The Balaban J connectivity index is 1.30. The molecule has 310 valence electrons. The molecular formula is C45H57N5O8. The summed E-state index contributed by atoms with van der Waals surface area (Å²) in [4.78, 5) is 75.1. The highest BCUT2D eigenvalue weighted by Crippen LogP contribution is 2.46. The summed E-state index contributed by atoms with van der Waals surface area (Å²) in [6, 6.07) is 15.1. The van der Waals surface area contributed by atoms with E-state index in [0.717, 1.165) is 37.7 Å². The minimum absolute atomic E-state index is 0.0270. The van der Waals surface area contributed by atoms with E-state index in [4.69, 9.17) is 14.5 Å². The van der Waals surface area contributed by atoms with E-state index in [0.29, 0.717) is 28.1 Å². The normalized spacial score (nSPS) is 24.2. The third-order valence-electron chi connectivity index (χ3n) is 12.1. The van der Waals surface area contributed by atoms with Crippen molar-refractivity contribution >= 4 is 40.5 Å². The van der Waals surface area contributed by atoms with Gasteiger partial charge in [0.25, 0.3) is 0 Å². The number of hydrogen-bond donors (Lipinski definition) is 4. The van der Waals surface area contributed by atoms with Crippen LogP contribution in [0.5, 0.6) is 11.5 Å². The first-order valence-corrected chi connectivity index (χ1v) is 20.3. The SMILES string of the molecule is C=C[C@@H]1C[C@]1(NC(=O)[C@@H]1C[C@@H](Oc2cc(-c3ccccc3)nc3cc(OC)ccc23)C[C@H]1C(=O)N[C@H](C(=O)N[C@H](C(=O)N(C)C)C1CCCCC1)C(C)(C)C)C(=O)O. The number of ether oxygens (including phenoxy) is 2. The first-order chi connectivity index (χ1) is 27.6. The van der Waals surface area contributed by atoms with Gasteiger partial charge in [-0.2, -0.15) is 0 Å². The quantitative estimate of drug-likeness (QED) is 0.153. The monoisotopic (exact) mass is 795 g/mol. The van der Waals surface area contributed by atoms with Crippen molar-refractivity contribution in [2.45, 2.75) is 95.9 Å². The second-order valence-corrected chi connectivity index (χ2v) is 17.4. The zero-order valence-electron chi connectivity index (χ0n) is 34.4. The summed E-state index contributed by atoms with van der Waals surface area (Å²) in [5.41, 5.74) is -0.145. The van der Waals surface area contributed by atoms with Gasteiger partial charge in [-0.3, -0.25) is 19.2 Å². The van der Waals surface area contributed by atoms with Crippen LogP contribution in [0.4, 0.5) is 0 Å². The zero-order valence-corrected chi connectivity index (χ0v) is 34.4. The van der Waals surface area contributed by atoms with Crippen molar-refractivity contribution in [3.8, 4) is 22.8 Å². The van der Waals surface area contributed by atoms with Crippen molar-refractivity contribution in [3.63, 3.8) is 0 Å². The molecule has 3 saturated carbocycles. The molecule has 1 heterocycles. The molecule has 4 N–H and O–H groups in total. The maximum absolute atomic E-state index is 14.5. The van der Waals surface area contributed by atoms with E-state index in [2.05, 4.69) is 22.5 Å². The molecule has 0 unspecified atom stereocenters. The highest BCUT2D eigenvalue weighted by atomic mass is 16.5. The minimum atomic E-state index is -1.51. The Bertz CT molecular complexity index is 2040. The van der Waals surface area contributed by atoms with Crippen molar-refractivity contribution in [3.05, 3.63) is 67.3 Å². The lowest BCUT2D eigenvalue weighted by Gasteiger charge is -2.36. The van der Waals surface area contributed by atoms with Gasteiger partial charge in [-0.1, -0.05) is 76.4 Å². The molecule has 1 aromatic heterocycles. The lowest BCUT2D eigenvalue weighted by molar-refractivity contribution is -0.145. The Kier molecular flexibility index (Phi) is 12.5. The Morgan fingerprint density at radius 1 is 0.948 bits per heavy atom. The van der Waals surface area contributed by atoms with Crippen LogP contribution in [0.15, 0.2) is 67.3 Å². The van der Waals surface area contributed by atoms with E-state index < -0.39 is 70.6 Å². The molecule has 0 radical (unpaired) electrons. The fourth-order valence-electron chi connectivity index (χ4n) is 8.62. The Morgan fingerprint density at radius 2 is 1.62 bits per heavy atom. The molecule has 0 spiro atoms. The molecule has 3 aliphatic rings. The van der Waals surface area contributed by atoms with E-state index >= 15 is 0 Å². The van der Waals surface area contributed by atoms with Crippen LogP contribution in [0.3, 0.4) is 0 Å². The number of aliphatic carboxylic acids is 1. The number of nitrogens with one attached hydrogen (secondary N) is 3. The molecule has 58 heavy (non-hydrogen) atoms. The third kappa shape index (κ3) is 8.98. The number of hydrogen-bond acceptors (Lipinski definition) is 8. The van der Waals surface area contributed by atoms with Crippen molar-refractivity contribution in [2.75, 3.05) is 21.2 Å². The Morgan fingerprint density at radius 3 is 2.21 bits per heavy atom. The van der Waals surface area contributed by atoms with Crippen LogP contribution in [0.2, 0.25) is 0 Å². The average molecular weight is 796 g/mol. The predicted octanol–water partition coefficient (Wildman–Crippen LogP) is 5.51. The van der Waals surface area contributed by atoms with Gasteiger partial charge in [0.15, 0.2) is 0 Å². The summed E-state index contributed by atoms with van der Waals surface area (Å²) in [7, 11) is 4.91. The molecular weight excluding hydrogens is 739 g/mol. The van der Waals surface area contributed by atoms with E-state index in [1.54, 1.807) is 27.3 Å². The molecule has 3 fully saturated rings. The molecule has 0 aliphatic heterocycles. The number of nitrogens with zero attached hydrogens (tertiary/aromatic N) is 2. The van der Waals surface area contributed by atoms with E-state index in [1.165, 1.54) is 11.0 Å². The molecule has 3 aliphatic carbocycles. The smallest absolute Gasteiger partial charge is 0.330 e. The van der Waals surface area contributed by atoms with E-state index in [9.17, 15) is 29.1 Å². The molecule has 4 amide bonds. The highest BCUT2D eigenvalue weighted by molar-refractivity contribution is 5.97. The van der Waals surface area contributed by atoms with Crippen LogP contribution in [0, 0.1) is 29.1 Å². The van der Waals surface area contributed by atoms with Crippen LogP contribution in [-0.4, -0.2) is 89.5 Å². The van der Waals surface area contributed by atoms with E-state index in [-0.39, 0.29) is 31.1 Å². The summed E-state index contributed by atoms with van der Waals surface area (Å²) in [6.07, 6.45) is 5.93. The van der Waals surface area contributed by atoms with Gasteiger partial charge in [0.2, 0.25) is 23.6 Å². The number of fused-ring (bicyclic) bond motifs is 1. The van der Waals surface area contributed by atoms with Crippen molar-refractivity contribution in [2.24, 2.45) is 29.1 Å². The van der Waals surface area contributed by atoms with Gasteiger partial charge in [-0.15, -0.1) is 6.58 Å². The average Bonchev–Trinajstić information content (AvgIpc) is 3.77. The number of rotatable bonds is 14. The Hall–Kier alpha value is -5.46. The predicted molar refractivity (Wildman–Crippen MR) is 220 cm³/mol. The number of aromatic nitrogens is 1. The van der Waals surface area contributed by atoms with Gasteiger partial charge in [0.1, 0.15) is 35.2 Å². The molecule has 7 atom stereocenters. The number of methoxy groups -OCH3 is 1. The van der Waals surface area contributed by atoms with Gasteiger partial charge in [0.05, 0.1) is 30.2 Å². The Labute approximate surface area is 340 Å². The molecule has 3 aromatic rings. The first kappa shape index (κ1) is 42.2. The minimum Gasteiger partial charge on any atom is -0.497 e. The lowest BCUT2D eigenvalue weighted by atomic mass is 9.82. The fourth-order valence-corrected chi connectivity index (χ4v) is 8.62. The van der Waals surface area contributed by atoms with Gasteiger partial charge < -0.3 is 35.4 Å². The van der Waals surface area contributed by atoms with Crippen LogP contribution in [0.25, 0.3) is 22.2 Å². The second-order valence-electron chi connectivity index (χ2n) is 17.4. The maximum atomic E-state index is 14.5. The summed E-state index contributed by atoms with van der Waals surface area (Å²) in [5, 5.41) is 19.6. The van der Waals surface area contributed by atoms with Gasteiger partial charge in [-0.25, -0.2) is 9.78 Å². The van der Waals surface area contributed by atoms with Crippen molar-refractivity contribution < 1.29 is 38.6 Å². The molecule has 6 rings (SSSR count). The molecule has 13 heteroatoms. The van der Waals surface area contributed by atoms with E-state index in [1.807, 2.05) is 69.3 Å². The summed E-state index contributed by atoms with van der Waals surface area (Å²) in [5.74, 6) is -4.31. The number of carbonyl (C=O) groups excluding carboxylic acids is 4. The fraction of sp³-hybridized carbons (Fsp3) is 0.511. The van der Waals surface area contributed by atoms with Crippen LogP contribution in [-0.2, 0) is 24.0 Å². The van der Waals surface area contributed by atoms with Crippen molar-refractivity contribution in [1.29, 1.82) is 0 Å². The number of carboxylic acids is 1. The molecule has 0 bridgehead atoms. The summed E-state index contributed by atoms with van der Waals surface area (Å²) < 4.78 is 12.2. The number of amides is 4. The number of benzene rings is 2. The van der Waals surface area contributed by atoms with Crippen LogP contribution in [0.1, 0.15) is 72.1 Å². The highest BCUT2D eigenvalue weighted by Gasteiger charge is 2.61. The van der Waals surface area contributed by atoms with Crippen molar-refractivity contribution in [1.82, 2.24) is 25.8 Å². The van der Waals surface area contributed by atoms with Gasteiger partial charge in [0, 0.05) is 43.1 Å². The maximum Gasteiger partial charge on any atom is 0.330 e. The first-order valence-electron chi connectivity index (χ1n) is 20.3. The second kappa shape index (κ2) is 17.2. The van der Waals surface area contributed by atoms with Crippen LogP contribution < -0.4 is 25.4 Å². The van der Waals surface area contributed by atoms with Crippen LogP contribution >= 0.6 is 0 Å². The number of pyridine rings is 1. The third-order valence-corrected chi connectivity index (χ3v) is 12.1. The summed E-state index contributed by atoms with van der Waals surface area (Å²) in [6.45, 7) is 9.24. The summed E-state index contributed by atoms with van der Waals surface area (Å²) >= 11 is 0. The molecule has 2 aromatic carbocycles. The number of likely N-dealkylation sites (N-methyl/N-ethyl adjacent to an activating group) is 1. The zero-order chi connectivity index (χ0) is 41.9. The topological polar surface area (TPSA) is 176 Å². The lowest BCUT2D eigenvalue weighted by Crippen LogP contribution is -2.60. The van der Waals surface area contributed by atoms with Gasteiger partial charge >= 0.3 is 5.97 Å². The standard InChI is InChI=1S/C45H57N5O8/c1-8-28-25-45(28,43(55)56)49-40(52)33-22-30(58-36-24-34(26-15-11-9-12-16-26)46-35-23-29(57-7)19-20-31(35)36)21-32(33)39(51)48-38(44(2,3)4)41(53)47-37(42(54)50(5)6)27-17-13-10-14-18-27/h8-9,11-12,15-16,19-20,23-24,27-28,30,32-33,37-38H,1,10,13-14,17-18,21-22,25H2,2-7H3,(H,47,53)(H,48,51)(H,49,52)(H,55,56)/t28-,30+,32-,33-,37+,38-,45-/m1/s1. The largest absolute Gasteiger partial charge is 0.497 e. The van der Waals surface area contributed by atoms with Gasteiger partial charge in [-0.05, 0) is 55.6 Å². The molecule has 13 nitrogen and oxygen atoms in total.